The number of hydrogen-bond donors (Lipinski definition) is 0. The number of benzene rings is 4. The molecule has 4 aromatic carbocycles. The molecule has 0 bridgehead atoms. The largest absolute Gasteiger partial charge is 0.106 e. The monoisotopic (exact) mass is 368 g/mol. The Morgan fingerprint density at radius 2 is 0.962 bits per heavy atom. The van der Waals surface area contributed by atoms with Gasteiger partial charge in [0, 0.05) is 11.1 Å². The Hall–Kier alpha value is -2.44. The SMILES string of the molecule is Pc1ccc(-c2ccc(C#Cc3ccc4cc(P)ccc4c3)cc2)cc1. The molecule has 4 rings (SSSR count). The van der Waals surface area contributed by atoms with Crippen molar-refractivity contribution in [3.05, 3.63) is 96.1 Å². The van der Waals surface area contributed by atoms with Gasteiger partial charge >= 0.3 is 0 Å². The van der Waals surface area contributed by atoms with Crippen molar-refractivity contribution in [1.29, 1.82) is 0 Å². The van der Waals surface area contributed by atoms with Crippen molar-refractivity contribution in [2.24, 2.45) is 0 Å². The quantitative estimate of drug-likeness (QED) is 0.331. The summed E-state index contributed by atoms with van der Waals surface area (Å²) in [6, 6.07) is 29.7. The molecule has 0 radical (unpaired) electrons. The Morgan fingerprint density at radius 1 is 0.462 bits per heavy atom. The second kappa shape index (κ2) is 7.43. The van der Waals surface area contributed by atoms with Crippen molar-refractivity contribution in [1.82, 2.24) is 0 Å². The second-order valence-corrected chi connectivity index (χ2v) is 7.60. The topological polar surface area (TPSA) is 0 Å². The van der Waals surface area contributed by atoms with Gasteiger partial charge in [-0.2, -0.15) is 0 Å². The van der Waals surface area contributed by atoms with Crippen LogP contribution in [0.1, 0.15) is 11.1 Å². The smallest absolute Gasteiger partial charge is 0.0255 e. The minimum absolute atomic E-state index is 1.02. The fourth-order valence-corrected chi connectivity index (χ4v) is 3.38. The lowest BCUT2D eigenvalue weighted by Gasteiger charge is -2.02. The second-order valence-electron chi connectivity index (χ2n) is 6.27. The third kappa shape index (κ3) is 3.86. The first-order valence-corrected chi connectivity index (χ1v) is 9.60. The molecular weight excluding hydrogens is 350 g/mol. The zero-order valence-corrected chi connectivity index (χ0v) is 16.5. The Morgan fingerprint density at radius 3 is 1.69 bits per heavy atom. The van der Waals surface area contributed by atoms with Gasteiger partial charge in [-0.1, -0.05) is 66.4 Å². The van der Waals surface area contributed by atoms with Crippen LogP contribution in [0.4, 0.5) is 0 Å². The van der Waals surface area contributed by atoms with Crippen LogP contribution in [-0.2, 0) is 0 Å². The molecule has 0 fully saturated rings. The van der Waals surface area contributed by atoms with Crippen LogP contribution in [0.15, 0.2) is 84.9 Å². The zero-order valence-electron chi connectivity index (χ0n) is 14.2. The van der Waals surface area contributed by atoms with Crippen LogP contribution in [0, 0.1) is 11.8 Å². The number of rotatable bonds is 1. The van der Waals surface area contributed by atoms with Crippen LogP contribution in [0.5, 0.6) is 0 Å². The van der Waals surface area contributed by atoms with Crippen molar-refractivity contribution in [3.63, 3.8) is 0 Å². The van der Waals surface area contributed by atoms with E-state index in [4.69, 9.17) is 0 Å². The molecule has 2 atom stereocenters. The highest BCUT2D eigenvalue weighted by molar-refractivity contribution is 7.27. The molecule has 0 aliphatic heterocycles. The van der Waals surface area contributed by atoms with Gasteiger partial charge < -0.3 is 0 Å². The average Bonchev–Trinajstić information content (AvgIpc) is 2.67. The first-order chi connectivity index (χ1) is 12.7. The van der Waals surface area contributed by atoms with Crippen molar-refractivity contribution in [2.75, 3.05) is 0 Å². The molecule has 0 amide bonds. The Kier molecular flexibility index (Phi) is 4.86. The van der Waals surface area contributed by atoms with Crippen molar-refractivity contribution < 1.29 is 0 Å². The summed E-state index contributed by atoms with van der Waals surface area (Å²) in [5.41, 5.74) is 4.49. The fraction of sp³-hybridized carbons (Fsp3) is 0. The summed E-state index contributed by atoms with van der Waals surface area (Å²) in [5.74, 6) is 6.54. The highest BCUT2D eigenvalue weighted by Gasteiger charge is 1.98. The summed E-state index contributed by atoms with van der Waals surface area (Å²) in [6.45, 7) is 0. The molecule has 0 aliphatic rings. The highest BCUT2D eigenvalue weighted by Crippen LogP contribution is 2.19. The molecule has 2 heteroatoms. The van der Waals surface area contributed by atoms with E-state index in [0.29, 0.717) is 0 Å². The van der Waals surface area contributed by atoms with Crippen molar-refractivity contribution in [3.8, 4) is 23.0 Å². The predicted octanol–water partition coefficient (Wildman–Crippen LogP) is 4.91. The van der Waals surface area contributed by atoms with Crippen LogP contribution < -0.4 is 10.6 Å². The molecule has 0 saturated heterocycles. The van der Waals surface area contributed by atoms with Crippen LogP contribution in [0.3, 0.4) is 0 Å². The average molecular weight is 368 g/mol. The summed E-state index contributed by atoms with van der Waals surface area (Å²) in [6.07, 6.45) is 0. The standard InChI is InChI=1S/C24H18P2/c25-23-12-9-20(10-13-23)19-6-3-17(4-7-19)1-2-18-5-8-22-16-24(26)14-11-21(22)15-18/h3-16H,25-26H2. The molecule has 0 heterocycles. The van der Waals surface area contributed by atoms with Gasteiger partial charge in [-0.15, -0.1) is 18.5 Å². The first kappa shape index (κ1) is 17.0. The Balaban J connectivity index is 1.58. The van der Waals surface area contributed by atoms with Crippen molar-refractivity contribution >= 4 is 39.9 Å². The van der Waals surface area contributed by atoms with Gasteiger partial charge in [0.2, 0.25) is 0 Å². The summed E-state index contributed by atoms with van der Waals surface area (Å²) in [5, 5.41) is 4.85. The lowest BCUT2D eigenvalue weighted by atomic mass is 10.0. The van der Waals surface area contributed by atoms with Crippen LogP contribution >= 0.6 is 18.5 Å². The highest BCUT2D eigenvalue weighted by atomic mass is 31.0. The maximum absolute atomic E-state index is 3.28. The fourth-order valence-electron chi connectivity index (χ4n) is 2.91. The van der Waals surface area contributed by atoms with E-state index >= 15 is 0 Å². The molecule has 0 spiro atoms. The third-order valence-electron chi connectivity index (χ3n) is 4.34. The van der Waals surface area contributed by atoms with E-state index in [1.165, 1.54) is 32.5 Å². The van der Waals surface area contributed by atoms with E-state index < -0.39 is 0 Å². The minimum Gasteiger partial charge on any atom is -0.106 e. The molecular formula is C24H18P2. The van der Waals surface area contributed by atoms with Crippen LogP contribution in [0.25, 0.3) is 21.9 Å². The van der Waals surface area contributed by atoms with E-state index in [1.54, 1.807) is 0 Å². The van der Waals surface area contributed by atoms with Gasteiger partial charge in [0.25, 0.3) is 0 Å². The maximum Gasteiger partial charge on any atom is 0.0255 e. The van der Waals surface area contributed by atoms with Crippen LogP contribution in [0.2, 0.25) is 0 Å². The molecule has 0 aromatic heterocycles. The molecule has 4 aromatic rings. The van der Waals surface area contributed by atoms with E-state index in [1.807, 2.05) is 0 Å². The lowest BCUT2D eigenvalue weighted by molar-refractivity contribution is 1.60. The molecule has 124 valence electrons. The zero-order chi connectivity index (χ0) is 17.9. The van der Waals surface area contributed by atoms with Gasteiger partial charge in [-0.25, -0.2) is 0 Å². The third-order valence-corrected chi connectivity index (χ3v) is 5.09. The molecule has 2 unspecified atom stereocenters. The molecule has 0 aliphatic carbocycles. The summed E-state index contributed by atoms with van der Waals surface area (Å²) < 4.78 is 0. The van der Waals surface area contributed by atoms with Gasteiger partial charge in [-0.3, -0.25) is 0 Å². The minimum atomic E-state index is 1.02. The van der Waals surface area contributed by atoms with Gasteiger partial charge in [0.05, 0.1) is 0 Å². The van der Waals surface area contributed by atoms with Gasteiger partial charge in [0.15, 0.2) is 0 Å². The Labute approximate surface area is 159 Å². The summed E-state index contributed by atoms with van der Waals surface area (Å²) >= 11 is 0. The molecule has 0 nitrogen and oxygen atoms in total. The maximum atomic E-state index is 3.28. The number of hydrogen-bond acceptors (Lipinski definition) is 0. The Bertz CT molecular complexity index is 1130. The van der Waals surface area contributed by atoms with E-state index in [9.17, 15) is 0 Å². The number of fused-ring (bicyclic) bond motifs is 1. The van der Waals surface area contributed by atoms with Crippen LogP contribution in [-0.4, -0.2) is 0 Å². The summed E-state index contributed by atoms with van der Waals surface area (Å²) in [7, 11) is 5.45. The summed E-state index contributed by atoms with van der Waals surface area (Å²) in [4.78, 5) is 0. The lowest BCUT2D eigenvalue weighted by Crippen LogP contribution is -1.88. The predicted molar refractivity (Wildman–Crippen MR) is 120 cm³/mol. The van der Waals surface area contributed by atoms with Crippen molar-refractivity contribution in [2.45, 2.75) is 0 Å². The molecule has 0 N–H and O–H groups in total. The van der Waals surface area contributed by atoms with E-state index in [-0.39, 0.29) is 0 Å². The molecule has 0 saturated carbocycles. The van der Waals surface area contributed by atoms with E-state index in [2.05, 4.69) is 115 Å². The van der Waals surface area contributed by atoms with E-state index in [0.717, 1.165) is 11.1 Å². The normalized spacial score (nSPS) is 10.4. The van der Waals surface area contributed by atoms with Gasteiger partial charge in [0.1, 0.15) is 0 Å². The first-order valence-electron chi connectivity index (χ1n) is 8.45. The molecule has 26 heavy (non-hydrogen) atoms. The van der Waals surface area contributed by atoms with Gasteiger partial charge in [-0.05, 0) is 62.8 Å².